The van der Waals surface area contributed by atoms with Gasteiger partial charge in [-0.3, -0.25) is 14.9 Å². The highest BCUT2D eigenvalue weighted by Crippen LogP contribution is 2.22. The van der Waals surface area contributed by atoms with Crippen LogP contribution in [0.15, 0.2) is 24.3 Å². The van der Waals surface area contributed by atoms with E-state index >= 15 is 0 Å². The molecule has 0 spiro atoms. The summed E-state index contributed by atoms with van der Waals surface area (Å²) in [6.45, 7) is 3.48. The van der Waals surface area contributed by atoms with E-state index in [1.54, 1.807) is 19.1 Å². The summed E-state index contributed by atoms with van der Waals surface area (Å²) < 4.78 is 0. The second-order valence-electron chi connectivity index (χ2n) is 3.98. The predicted molar refractivity (Wildman–Crippen MR) is 64.6 cm³/mol. The van der Waals surface area contributed by atoms with Crippen LogP contribution in [0.25, 0.3) is 0 Å². The first-order chi connectivity index (χ1) is 7.89. The highest BCUT2D eigenvalue weighted by molar-refractivity contribution is 5.87. The summed E-state index contributed by atoms with van der Waals surface area (Å²) >= 11 is 0. The van der Waals surface area contributed by atoms with E-state index in [2.05, 4.69) is 5.32 Å². The Balaban J connectivity index is 2.98. The molecular formula is C11H15N3O3. The molecule has 3 N–H and O–H groups in total. The number of carbonyl (C=O) groups excluding carboxylic acids is 1. The number of rotatable bonds is 5. The molecule has 17 heavy (non-hydrogen) atoms. The Morgan fingerprint density at radius 2 is 2.24 bits per heavy atom. The van der Waals surface area contributed by atoms with Crippen LogP contribution in [0.1, 0.15) is 20.3 Å². The van der Waals surface area contributed by atoms with Crippen LogP contribution in [0.5, 0.6) is 0 Å². The number of hydrogen-bond donors (Lipinski definition) is 2. The van der Waals surface area contributed by atoms with Gasteiger partial charge in [-0.2, -0.15) is 0 Å². The number of primary amides is 1. The Morgan fingerprint density at radius 3 is 2.71 bits per heavy atom. The molecule has 1 aromatic rings. The zero-order chi connectivity index (χ0) is 13.1. The molecule has 0 aromatic heterocycles. The SMILES string of the molecule is CCC(C)(Nc1cccc([N+](=O)[O-])c1)C(N)=O. The first-order valence-electron chi connectivity index (χ1n) is 5.21. The van der Waals surface area contributed by atoms with Crippen LogP contribution in [0.2, 0.25) is 0 Å². The lowest BCUT2D eigenvalue weighted by molar-refractivity contribution is -0.384. The molecule has 0 saturated heterocycles. The standard InChI is InChI=1S/C11H15N3O3/c1-3-11(2,10(12)15)13-8-5-4-6-9(7-8)14(16)17/h4-7,13H,3H2,1-2H3,(H2,12,15). The minimum Gasteiger partial charge on any atom is -0.371 e. The van der Waals surface area contributed by atoms with Crippen LogP contribution >= 0.6 is 0 Å². The van der Waals surface area contributed by atoms with Gasteiger partial charge in [0, 0.05) is 17.8 Å². The number of non-ortho nitro benzene ring substituents is 1. The van der Waals surface area contributed by atoms with Gasteiger partial charge in [-0.15, -0.1) is 0 Å². The van der Waals surface area contributed by atoms with E-state index in [1.807, 2.05) is 6.92 Å². The summed E-state index contributed by atoms with van der Waals surface area (Å²) in [5, 5.41) is 13.5. The zero-order valence-electron chi connectivity index (χ0n) is 9.77. The molecule has 0 aliphatic carbocycles. The number of anilines is 1. The number of amides is 1. The molecule has 6 heteroatoms. The highest BCUT2D eigenvalue weighted by atomic mass is 16.6. The number of hydrogen-bond acceptors (Lipinski definition) is 4. The largest absolute Gasteiger partial charge is 0.371 e. The Morgan fingerprint density at radius 1 is 1.59 bits per heavy atom. The van der Waals surface area contributed by atoms with Gasteiger partial charge in [-0.25, -0.2) is 0 Å². The summed E-state index contributed by atoms with van der Waals surface area (Å²) in [6, 6.07) is 5.97. The number of benzene rings is 1. The van der Waals surface area contributed by atoms with Gasteiger partial charge in [0.15, 0.2) is 0 Å². The van der Waals surface area contributed by atoms with E-state index in [-0.39, 0.29) is 5.69 Å². The summed E-state index contributed by atoms with van der Waals surface area (Å²) in [4.78, 5) is 21.4. The molecule has 0 bridgehead atoms. The lowest BCUT2D eigenvalue weighted by Crippen LogP contribution is -2.47. The molecule has 6 nitrogen and oxygen atoms in total. The van der Waals surface area contributed by atoms with E-state index < -0.39 is 16.4 Å². The van der Waals surface area contributed by atoms with Crippen LogP contribution in [-0.2, 0) is 4.79 Å². The molecule has 1 atom stereocenters. The fraction of sp³-hybridized carbons (Fsp3) is 0.364. The van der Waals surface area contributed by atoms with Crippen LogP contribution in [0, 0.1) is 10.1 Å². The molecule has 0 radical (unpaired) electrons. The normalized spacial score (nSPS) is 13.8. The molecule has 0 heterocycles. The van der Waals surface area contributed by atoms with Crippen LogP contribution in [0.4, 0.5) is 11.4 Å². The van der Waals surface area contributed by atoms with Crippen molar-refractivity contribution in [3.63, 3.8) is 0 Å². The maximum Gasteiger partial charge on any atom is 0.271 e. The molecule has 1 aromatic carbocycles. The Hall–Kier alpha value is -2.11. The number of nitrogens with zero attached hydrogens (tertiary/aromatic N) is 1. The molecule has 0 aliphatic rings. The van der Waals surface area contributed by atoms with Crippen molar-refractivity contribution in [3.05, 3.63) is 34.4 Å². The van der Waals surface area contributed by atoms with Gasteiger partial charge in [-0.1, -0.05) is 13.0 Å². The maximum absolute atomic E-state index is 11.3. The summed E-state index contributed by atoms with van der Waals surface area (Å²) in [5.41, 5.74) is 4.86. The fourth-order valence-electron chi connectivity index (χ4n) is 1.34. The minimum absolute atomic E-state index is 0.0297. The second-order valence-corrected chi connectivity index (χ2v) is 3.98. The molecule has 1 rings (SSSR count). The van der Waals surface area contributed by atoms with Crippen molar-refractivity contribution in [2.75, 3.05) is 5.32 Å². The zero-order valence-corrected chi connectivity index (χ0v) is 9.77. The van der Waals surface area contributed by atoms with Gasteiger partial charge >= 0.3 is 0 Å². The molecule has 92 valence electrons. The van der Waals surface area contributed by atoms with Gasteiger partial charge in [-0.05, 0) is 19.4 Å². The third-order valence-electron chi connectivity index (χ3n) is 2.73. The Bertz CT molecular complexity index is 447. The molecule has 0 saturated carbocycles. The van der Waals surface area contributed by atoms with E-state index in [0.29, 0.717) is 12.1 Å². The lowest BCUT2D eigenvalue weighted by Gasteiger charge is -2.26. The van der Waals surface area contributed by atoms with Crippen molar-refractivity contribution in [3.8, 4) is 0 Å². The van der Waals surface area contributed by atoms with Crippen molar-refractivity contribution in [2.24, 2.45) is 5.73 Å². The third-order valence-corrected chi connectivity index (χ3v) is 2.73. The van der Waals surface area contributed by atoms with Crippen LogP contribution < -0.4 is 11.1 Å². The van der Waals surface area contributed by atoms with Crippen molar-refractivity contribution in [2.45, 2.75) is 25.8 Å². The quantitative estimate of drug-likeness (QED) is 0.601. The van der Waals surface area contributed by atoms with Crippen molar-refractivity contribution >= 4 is 17.3 Å². The highest BCUT2D eigenvalue weighted by Gasteiger charge is 2.28. The third kappa shape index (κ3) is 2.93. The number of nitrogens with two attached hydrogens (primary N) is 1. The molecule has 0 fully saturated rings. The van der Waals surface area contributed by atoms with E-state index in [1.165, 1.54) is 12.1 Å². The van der Waals surface area contributed by atoms with Gasteiger partial charge in [0.1, 0.15) is 5.54 Å². The van der Waals surface area contributed by atoms with Crippen molar-refractivity contribution in [1.82, 2.24) is 0 Å². The lowest BCUT2D eigenvalue weighted by atomic mass is 9.97. The topological polar surface area (TPSA) is 98.3 Å². The average Bonchev–Trinajstić information content (AvgIpc) is 2.29. The van der Waals surface area contributed by atoms with E-state index in [4.69, 9.17) is 5.73 Å². The summed E-state index contributed by atoms with van der Waals surface area (Å²) in [5.74, 6) is -0.494. The monoisotopic (exact) mass is 237 g/mol. The second kappa shape index (κ2) is 4.82. The molecule has 1 unspecified atom stereocenters. The minimum atomic E-state index is -0.908. The van der Waals surface area contributed by atoms with Crippen LogP contribution in [-0.4, -0.2) is 16.4 Å². The van der Waals surface area contributed by atoms with Crippen molar-refractivity contribution < 1.29 is 9.72 Å². The fourth-order valence-corrected chi connectivity index (χ4v) is 1.34. The number of carbonyl (C=O) groups is 1. The molecule has 0 aliphatic heterocycles. The summed E-state index contributed by atoms with van der Waals surface area (Å²) in [7, 11) is 0. The van der Waals surface area contributed by atoms with Crippen molar-refractivity contribution in [1.29, 1.82) is 0 Å². The Labute approximate surface area is 99.0 Å². The average molecular weight is 237 g/mol. The van der Waals surface area contributed by atoms with Gasteiger partial charge in [0.25, 0.3) is 5.69 Å². The van der Waals surface area contributed by atoms with Gasteiger partial charge in [0.05, 0.1) is 4.92 Å². The molecule has 1 amide bonds. The van der Waals surface area contributed by atoms with Gasteiger partial charge < -0.3 is 11.1 Å². The van der Waals surface area contributed by atoms with E-state index in [0.717, 1.165) is 0 Å². The summed E-state index contributed by atoms with van der Waals surface area (Å²) in [6.07, 6.45) is 0.491. The maximum atomic E-state index is 11.3. The molecular weight excluding hydrogens is 222 g/mol. The number of nitro groups is 1. The predicted octanol–water partition coefficient (Wildman–Crippen LogP) is 1.66. The first-order valence-corrected chi connectivity index (χ1v) is 5.21. The van der Waals surface area contributed by atoms with E-state index in [9.17, 15) is 14.9 Å². The first kappa shape index (κ1) is 13.0. The Kier molecular flexibility index (Phi) is 3.67. The number of nitrogens with one attached hydrogen (secondary N) is 1. The van der Waals surface area contributed by atoms with Gasteiger partial charge in [0.2, 0.25) is 5.91 Å². The van der Waals surface area contributed by atoms with Crippen LogP contribution in [0.3, 0.4) is 0 Å². The number of nitro benzene ring substituents is 1. The smallest absolute Gasteiger partial charge is 0.271 e.